The van der Waals surface area contributed by atoms with Gasteiger partial charge in [0.05, 0.1) is 18.0 Å². The van der Waals surface area contributed by atoms with Crippen molar-refractivity contribution in [2.75, 3.05) is 23.4 Å². The third-order valence-corrected chi connectivity index (χ3v) is 4.17. The molecule has 2 aliphatic heterocycles. The Hall–Kier alpha value is -3.08. The number of hydrogen-bond acceptors (Lipinski definition) is 3. The molecule has 2 aromatic rings. The monoisotopic (exact) mass is 320 g/mol. The van der Waals surface area contributed by atoms with E-state index in [1.165, 1.54) is 11.0 Å². The lowest BCUT2D eigenvalue weighted by Gasteiger charge is -2.28. The zero-order valence-electron chi connectivity index (χ0n) is 13.0. The first-order chi connectivity index (χ1) is 11.7. The molecule has 0 aliphatic carbocycles. The Kier molecular flexibility index (Phi) is 3.54. The highest BCUT2D eigenvalue weighted by molar-refractivity contribution is 6.13. The maximum atomic E-state index is 12.5. The average molecular weight is 320 g/mol. The molecule has 2 aliphatic rings. The second-order valence-corrected chi connectivity index (χ2v) is 5.79. The summed E-state index contributed by atoms with van der Waals surface area (Å²) in [5, 5.41) is 2.78. The summed E-state index contributed by atoms with van der Waals surface area (Å²) in [5.74, 6) is 0.513. The number of carbonyl (C=O) groups excluding carboxylic acids is 2. The molecule has 1 N–H and O–H groups in total. The van der Waals surface area contributed by atoms with Gasteiger partial charge >= 0.3 is 0 Å². The Balaban J connectivity index is 1.57. The third kappa shape index (κ3) is 2.65. The van der Waals surface area contributed by atoms with Gasteiger partial charge in [-0.25, -0.2) is 0 Å². The fourth-order valence-electron chi connectivity index (χ4n) is 3.00. The van der Waals surface area contributed by atoms with E-state index in [1.54, 1.807) is 12.1 Å². The SMILES string of the molecule is O=C1CN(C(=O)C=Cc2ccc3c(c2)CCO3)c2ccccc2N1. The Morgan fingerprint density at radius 3 is 3.00 bits per heavy atom. The molecule has 5 nitrogen and oxygen atoms in total. The van der Waals surface area contributed by atoms with Crippen LogP contribution in [-0.2, 0) is 16.0 Å². The zero-order chi connectivity index (χ0) is 16.5. The van der Waals surface area contributed by atoms with E-state index >= 15 is 0 Å². The predicted molar refractivity (Wildman–Crippen MR) is 92.1 cm³/mol. The molecule has 2 aromatic carbocycles. The van der Waals surface area contributed by atoms with Crippen molar-refractivity contribution in [2.24, 2.45) is 0 Å². The summed E-state index contributed by atoms with van der Waals surface area (Å²) in [6.45, 7) is 0.735. The maximum Gasteiger partial charge on any atom is 0.251 e. The molecule has 2 amide bonds. The minimum atomic E-state index is -0.214. The molecular weight excluding hydrogens is 304 g/mol. The van der Waals surface area contributed by atoms with E-state index in [9.17, 15) is 9.59 Å². The van der Waals surface area contributed by atoms with Crippen molar-refractivity contribution in [3.05, 3.63) is 59.7 Å². The molecule has 2 heterocycles. The molecule has 0 fully saturated rings. The molecule has 0 unspecified atom stereocenters. The Morgan fingerprint density at radius 2 is 2.08 bits per heavy atom. The summed E-state index contributed by atoms with van der Waals surface area (Å²) in [7, 11) is 0. The van der Waals surface area contributed by atoms with Crippen LogP contribution in [0.2, 0.25) is 0 Å². The van der Waals surface area contributed by atoms with Crippen molar-refractivity contribution in [1.82, 2.24) is 0 Å². The number of para-hydroxylation sites is 2. The highest BCUT2D eigenvalue weighted by atomic mass is 16.5. The Labute approximate surface area is 139 Å². The fraction of sp³-hybridized carbons (Fsp3) is 0.158. The van der Waals surface area contributed by atoms with Crippen molar-refractivity contribution in [3.63, 3.8) is 0 Å². The van der Waals surface area contributed by atoms with Gasteiger partial charge in [0.1, 0.15) is 12.3 Å². The molecule has 0 saturated heterocycles. The highest BCUT2D eigenvalue weighted by Gasteiger charge is 2.25. The molecule has 0 spiro atoms. The molecular formula is C19H16N2O3. The topological polar surface area (TPSA) is 58.6 Å². The van der Waals surface area contributed by atoms with E-state index in [1.807, 2.05) is 36.4 Å². The van der Waals surface area contributed by atoms with Gasteiger partial charge in [0.15, 0.2) is 0 Å². The number of carbonyl (C=O) groups is 2. The van der Waals surface area contributed by atoms with Crippen LogP contribution in [0.25, 0.3) is 6.08 Å². The minimum absolute atomic E-state index is 0.0260. The van der Waals surface area contributed by atoms with Crippen molar-refractivity contribution < 1.29 is 14.3 Å². The van der Waals surface area contributed by atoms with Crippen molar-refractivity contribution >= 4 is 29.3 Å². The fourth-order valence-corrected chi connectivity index (χ4v) is 3.00. The summed E-state index contributed by atoms with van der Waals surface area (Å²) < 4.78 is 5.48. The van der Waals surface area contributed by atoms with Gasteiger partial charge in [-0.3, -0.25) is 14.5 Å². The van der Waals surface area contributed by atoms with E-state index in [4.69, 9.17) is 4.74 Å². The number of benzene rings is 2. The predicted octanol–water partition coefficient (Wildman–Crippen LogP) is 2.62. The normalized spacial score (nSPS) is 15.7. The minimum Gasteiger partial charge on any atom is -0.493 e. The van der Waals surface area contributed by atoms with Crippen LogP contribution in [0, 0.1) is 0 Å². The van der Waals surface area contributed by atoms with Crippen LogP contribution in [0.5, 0.6) is 5.75 Å². The van der Waals surface area contributed by atoms with Gasteiger partial charge in [-0.2, -0.15) is 0 Å². The second-order valence-electron chi connectivity index (χ2n) is 5.79. The van der Waals surface area contributed by atoms with Crippen LogP contribution in [0.4, 0.5) is 11.4 Å². The first-order valence-electron chi connectivity index (χ1n) is 7.85. The molecule has 5 heteroatoms. The van der Waals surface area contributed by atoms with E-state index in [2.05, 4.69) is 5.32 Å². The molecule has 24 heavy (non-hydrogen) atoms. The lowest BCUT2D eigenvalue weighted by atomic mass is 10.1. The van der Waals surface area contributed by atoms with Crippen molar-refractivity contribution in [3.8, 4) is 5.75 Å². The number of rotatable bonds is 2. The lowest BCUT2D eigenvalue weighted by Crippen LogP contribution is -2.41. The maximum absolute atomic E-state index is 12.5. The van der Waals surface area contributed by atoms with Crippen LogP contribution in [0.3, 0.4) is 0 Å². The molecule has 0 saturated carbocycles. The number of nitrogens with one attached hydrogen (secondary N) is 1. The summed E-state index contributed by atoms with van der Waals surface area (Å²) in [4.78, 5) is 25.8. The first kappa shape index (κ1) is 14.5. The average Bonchev–Trinajstić information content (AvgIpc) is 3.06. The van der Waals surface area contributed by atoms with Crippen LogP contribution in [0.15, 0.2) is 48.5 Å². The van der Waals surface area contributed by atoms with Gasteiger partial charge in [0.2, 0.25) is 5.91 Å². The van der Waals surface area contributed by atoms with Gasteiger partial charge in [-0.15, -0.1) is 0 Å². The van der Waals surface area contributed by atoms with Crippen molar-refractivity contribution in [2.45, 2.75) is 6.42 Å². The standard InChI is InChI=1S/C19H16N2O3/c22-18-12-21(16-4-2-1-3-15(16)20-18)19(23)8-6-13-5-7-17-14(11-13)9-10-24-17/h1-8,11H,9-10,12H2,(H,20,22). The number of fused-ring (bicyclic) bond motifs is 2. The summed E-state index contributed by atoms with van der Waals surface area (Å²) in [5.41, 5.74) is 3.48. The third-order valence-electron chi connectivity index (χ3n) is 4.17. The second kappa shape index (κ2) is 5.85. The summed E-state index contributed by atoms with van der Waals surface area (Å²) >= 11 is 0. The summed E-state index contributed by atoms with van der Waals surface area (Å²) in [6.07, 6.45) is 4.17. The summed E-state index contributed by atoms with van der Waals surface area (Å²) in [6, 6.07) is 13.2. The molecule has 120 valence electrons. The van der Waals surface area contributed by atoms with E-state index in [0.717, 1.165) is 23.3 Å². The van der Waals surface area contributed by atoms with Crippen molar-refractivity contribution in [1.29, 1.82) is 0 Å². The quantitative estimate of drug-likeness (QED) is 0.865. The Bertz CT molecular complexity index is 857. The molecule has 0 bridgehead atoms. The lowest BCUT2D eigenvalue weighted by molar-refractivity contribution is -0.119. The van der Waals surface area contributed by atoms with E-state index in [0.29, 0.717) is 18.0 Å². The van der Waals surface area contributed by atoms with Gasteiger partial charge in [-0.1, -0.05) is 18.2 Å². The van der Waals surface area contributed by atoms with E-state index in [-0.39, 0.29) is 18.4 Å². The van der Waals surface area contributed by atoms with Gasteiger partial charge < -0.3 is 10.1 Å². The molecule has 0 atom stereocenters. The van der Waals surface area contributed by atoms with Crippen LogP contribution < -0.4 is 15.0 Å². The molecule has 0 aromatic heterocycles. The van der Waals surface area contributed by atoms with E-state index < -0.39 is 0 Å². The van der Waals surface area contributed by atoms with Crippen LogP contribution >= 0.6 is 0 Å². The largest absolute Gasteiger partial charge is 0.493 e. The van der Waals surface area contributed by atoms with Gasteiger partial charge in [0.25, 0.3) is 5.91 Å². The molecule has 4 rings (SSSR count). The molecule has 0 radical (unpaired) electrons. The number of nitrogens with zero attached hydrogens (tertiary/aromatic N) is 1. The highest BCUT2D eigenvalue weighted by Crippen LogP contribution is 2.29. The van der Waals surface area contributed by atoms with Gasteiger partial charge in [0, 0.05) is 12.5 Å². The number of ether oxygens (including phenoxy) is 1. The number of amides is 2. The van der Waals surface area contributed by atoms with Crippen LogP contribution in [-0.4, -0.2) is 25.0 Å². The zero-order valence-corrected chi connectivity index (χ0v) is 13.0. The number of hydrogen-bond donors (Lipinski definition) is 1. The number of anilines is 2. The van der Waals surface area contributed by atoms with Crippen LogP contribution in [0.1, 0.15) is 11.1 Å². The Morgan fingerprint density at radius 1 is 1.21 bits per heavy atom. The first-order valence-corrected chi connectivity index (χ1v) is 7.85. The van der Waals surface area contributed by atoms with Gasteiger partial charge in [-0.05, 0) is 41.5 Å². The smallest absolute Gasteiger partial charge is 0.251 e.